The molecule has 1 aromatic carbocycles. The highest BCUT2D eigenvalue weighted by Crippen LogP contribution is 2.21. The zero-order valence-corrected chi connectivity index (χ0v) is 10.6. The maximum Gasteiger partial charge on any atom is 0.407 e. The lowest BCUT2D eigenvalue weighted by molar-refractivity contribution is -0.133. The van der Waals surface area contributed by atoms with Gasteiger partial charge in [-0.3, -0.25) is 4.79 Å². The number of ether oxygens (including phenoxy) is 2. The number of hydrogen-bond donors (Lipinski definition) is 1. The summed E-state index contributed by atoms with van der Waals surface area (Å²) in [5.41, 5.74) is 0.950. The number of hydrogen-bond acceptors (Lipinski definition) is 4. The Labute approximate surface area is 111 Å². The molecular formula is C14H17NO4. The fourth-order valence-electron chi connectivity index (χ4n) is 2.20. The molecule has 0 radical (unpaired) electrons. The summed E-state index contributed by atoms with van der Waals surface area (Å²) in [7, 11) is 0. The Morgan fingerprint density at radius 1 is 1.32 bits per heavy atom. The monoisotopic (exact) mass is 263 g/mol. The third kappa shape index (κ3) is 4.28. The van der Waals surface area contributed by atoms with Crippen LogP contribution in [0.25, 0.3) is 0 Å². The quantitative estimate of drug-likeness (QED) is 0.825. The third-order valence-electron chi connectivity index (χ3n) is 3.17. The highest BCUT2D eigenvalue weighted by molar-refractivity contribution is 5.67. The van der Waals surface area contributed by atoms with Crippen LogP contribution in [-0.2, 0) is 20.9 Å². The van der Waals surface area contributed by atoms with Crippen molar-refractivity contribution >= 4 is 12.6 Å². The zero-order chi connectivity index (χ0) is 13.5. The van der Waals surface area contributed by atoms with Gasteiger partial charge in [0.05, 0.1) is 0 Å². The molecule has 0 heterocycles. The van der Waals surface area contributed by atoms with Crippen molar-refractivity contribution in [3.8, 4) is 0 Å². The number of amides is 1. The Hall–Kier alpha value is -2.04. The van der Waals surface area contributed by atoms with Crippen molar-refractivity contribution < 1.29 is 19.1 Å². The predicted octanol–water partition coefficient (Wildman–Crippen LogP) is 2.01. The second kappa shape index (κ2) is 6.78. The van der Waals surface area contributed by atoms with E-state index in [1.165, 1.54) is 0 Å². The van der Waals surface area contributed by atoms with Gasteiger partial charge in [0.25, 0.3) is 6.47 Å². The molecule has 0 bridgehead atoms. The standard InChI is InChI=1S/C14H17NO4/c16-10-19-13-7-6-12(8-13)15-14(17)18-9-11-4-2-1-3-5-11/h1-5,10,12-13H,6-9H2,(H,15,17). The van der Waals surface area contributed by atoms with Gasteiger partial charge in [-0.1, -0.05) is 30.3 Å². The molecule has 102 valence electrons. The fraction of sp³-hybridized carbons (Fsp3) is 0.429. The molecule has 2 atom stereocenters. The van der Waals surface area contributed by atoms with Crippen molar-refractivity contribution in [2.24, 2.45) is 0 Å². The van der Waals surface area contributed by atoms with Crippen LogP contribution < -0.4 is 5.32 Å². The average molecular weight is 263 g/mol. The van der Waals surface area contributed by atoms with Gasteiger partial charge >= 0.3 is 6.09 Å². The first-order chi connectivity index (χ1) is 9.28. The Kier molecular flexibility index (Phi) is 4.78. The molecule has 1 fully saturated rings. The molecule has 1 amide bonds. The highest BCUT2D eigenvalue weighted by atomic mass is 16.5. The molecule has 1 saturated carbocycles. The molecule has 1 N–H and O–H groups in total. The van der Waals surface area contributed by atoms with E-state index < -0.39 is 6.09 Å². The first-order valence-electron chi connectivity index (χ1n) is 6.34. The highest BCUT2D eigenvalue weighted by Gasteiger charge is 2.27. The van der Waals surface area contributed by atoms with Gasteiger partial charge in [0, 0.05) is 12.5 Å². The van der Waals surface area contributed by atoms with Gasteiger partial charge in [-0.25, -0.2) is 4.79 Å². The summed E-state index contributed by atoms with van der Waals surface area (Å²) < 4.78 is 10.00. The van der Waals surface area contributed by atoms with Crippen molar-refractivity contribution in [3.63, 3.8) is 0 Å². The van der Waals surface area contributed by atoms with Gasteiger partial charge in [-0.05, 0) is 18.4 Å². The van der Waals surface area contributed by atoms with Crippen molar-refractivity contribution in [2.45, 2.75) is 38.0 Å². The van der Waals surface area contributed by atoms with E-state index in [2.05, 4.69) is 5.32 Å². The second-order valence-electron chi connectivity index (χ2n) is 4.57. The maximum absolute atomic E-state index is 11.6. The van der Waals surface area contributed by atoms with E-state index in [1.54, 1.807) is 0 Å². The lowest BCUT2D eigenvalue weighted by atomic mass is 10.2. The van der Waals surface area contributed by atoms with Crippen LogP contribution in [-0.4, -0.2) is 24.7 Å². The van der Waals surface area contributed by atoms with Gasteiger partial charge in [-0.15, -0.1) is 0 Å². The number of rotatable bonds is 5. The van der Waals surface area contributed by atoms with Crippen LogP contribution in [0.2, 0.25) is 0 Å². The molecule has 1 aromatic rings. The van der Waals surface area contributed by atoms with Gasteiger partial charge < -0.3 is 14.8 Å². The molecule has 2 rings (SSSR count). The van der Waals surface area contributed by atoms with E-state index in [0.29, 0.717) is 12.9 Å². The van der Waals surface area contributed by atoms with Crippen LogP contribution in [0.4, 0.5) is 4.79 Å². The van der Waals surface area contributed by atoms with Gasteiger partial charge in [0.1, 0.15) is 12.7 Å². The Bertz CT molecular complexity index is 421. The summed E-state index contributed by atoms with van der Waals surface area (Å²) in [6, 6.07) is 9.53. The molecule has 2 unspecified atom stereocenters. The predicted molar refractivity (Wildman–Crippen MR) is 68.3 cm³/mol. The van der Waals surface area contributed by atoms with Gasteiger partial charge in [0.2, 0.25) is 0 Å². The molecule has 1 aliphatic carbocycles. The number of carbonyl (C=O) groups is 2. The van der Waals surface area contributed by atoms with Crippen LogP contribution in [0.5, 0.6) is 0 Å². The van der Waals surface area contributed by atoms with Crippen LogP contribution in [0.3, 0.4) is 0 Å². The Morgan fingerprint density at radius 2 is 2.11 bits per heavy atom. The smallest absolute Gasteiger partial charge is 0.407 e. The molecule has 5 heteroatoms. The SMILES string of the molecule is O=COC1CCC(NC(=O)OCc2ccccc2)C1. The third-order valence-corrected chi connectivity index (χ3v) is 3.17. The molecule has 1 aliphatic rings. The summed E-state index contributed by atoms with van der Waals surface area (Å²) in [6.45, 7) is 0.717. The minimum atomic E-state index is -0.430. The van der Waals surface area contributed by atoms with Crippen molar-refractivity contribution in [1.29, 1.82) is 0 Å². The Morgan fingerprint density at radius 3 is 2.84 bits per heavy atom. The molecular weight excluding hydrogens is 246 g/mol. The van der Waals surface area contributed by atoms with Crippen molar-refractivity contribution in [1.82, 2.24) is 5.32 Å². The molecule has 0 spiro atoms. The minimum absolute atomic E-state index is 0.0215. The van der Waals surface area contributed by atoms with E-state index in [4.69, 9.17) is 9.47 Å². The minimum Gasteiger partial charge on any atom is -0.465 e. The van der Waals surface area contributed by atoms with Gasteiger partial charge in [-0.2, -0.15) is 0 Å². The van der Waals surface area contributed by atoms with E-state index in [9.17, 15) is 9.59 Å². The van der Waals surface area contributed by atoms with Crippen LogP contribution >= 0.6 is 0 Å². The largest absolute Gasteiger partial charge is 0.465 e. The van der Waals surface area contributed by atoms with Crippen LogP contribution in [0.1, 0.15) is 24.8 Å². The summed E-state index contributed by atoms with van der Waals surface area (Å²) in [5, 5.41) is 2.78. The zero-order valence-electron chi connectivity index (χ0n) is 10.6. The topological polar surface area (TPSA) is 64.6 Å². The molecule has 0 aliphatic heterocycles. The summed E-state index contributed by atoms with van der Waals surface area (Å²) in [4.78, 5) is 21.8. The lowest BCUT2D eigenvalue weighted by Crippen LogP contribution is -2.33. The Balaban J connectivity index is 1.69. The normalized spacial score (nSPS) is 21.7. The number of nitrogens with one attached hydrogen (secondary N) is 1. The summed E-state index contributed by atoms with van der Waals surface area (Å²) in [5.74, 6) is 0. The van der Waals surface area contributed by atoms with Crippen LogP contribution in [0, 0.1) is 0 Å². The number of alkyl carbamates (subject to hydrolysis) is 1. The van der Waals surface area contributed by atoms with E-state index in [-0.39, 0.29) is 18.8 Å². The number of benzene rings is 1. The molecule has 19 heavy (non-hydrogen) atoms. The van der Waals surface area contributed by atoms with E-state index >= 15 is 0 Å². The van der Waals surface area contributed by atoms with Crippen molar-refractivity contribution in [2.75, 3.05) is 0 Å². The summed E-state index contributed by atoms with van der Waals surface area (Å²) in [6.07, 6.45) is 1.72. The van der Waals surface area contributed by atoms with E-state index in [1.807, 2.05) is 30.3 Å². The number of carbonyl (C=O) groups excluding carboxylic acids is 2. The van der Waals surface area contributed by atoms with Crippen LogP contribution in [0.15, 0.2) is 30.3 Å². The van der Waals surface area contributed by atoms with Gasteiger partial charge in [0.15, 0.2) is 0 Å². The molecule has 0 aromatic heterocycles. The molecule has 0 saturated heterocycles. The first kappa shape index (κ1) is 13.4. The first-order valence-corrected chi connectivity index (χ1v) is 6.34. The second-order valence-corrected chi connectivity index (χ2v) is 4.57. The maximum atomic E-state index is 11.6. The average Bonchev–Trinajstić information content (AvgIpc) is 2.85. The summed E-state index contributed by atoms with van der Waals surface area (Å²) >= 11 is 0. The van der Waals surface area contributed by atoms with E-state index in [0.717, 1.165) is 18.4 Å². The van der Waals surface area contributed by atoms with Crippen molar-refractivity contribution in [3.05, 3.63) is 35.9 Å². The fourth-order valence-corrected chi connectivity index (χ4v) is 2.20. The lowest BCUT2D eigenvalue weighted by Gasteiger charge is -2.13. The molecule has 5 nitrogen and oxygen atoms in total.